The third-order valence-electron chi connectivity index (χ3n) is 2.14. The van der Waals surface area contributed by atoms with Gasteiger partial charge in [0.1, 0.15) is 0 Å². The molecule has 102 valence electrons. The lowest BCUT2D eigenvalue weighted by Crippen LogP contribution is -1.99. The number of hydrogen-bond donors (Lipinski definition) is 0. The second-order valence-corrected chi connectivity index (χ2v) is 8.03. The summed E-state index contributed by atoms with van der Waals surface area (Å²) in [6, 6.07) is 7.80. The van der Waals surface area contributed by atoms with Gasteiger partial charge < -0.3 is 4.42 Å². The van der Waals surface area contributed by atoms with Crippen molar-refractivity contribution in [2.75, 3.05) is 0 Å². The second kappa shape index (κ2) is 5.92. The molecule has 0 bridgehead atoms. The molecule has 0 aliphatic carbocycles. The highest BCUT2D eigenvalue weighted by molar-refractivity contribution is 7.99. The van der Waals surface area contributed by atoms with E-state index in [1.165, 1.54) is 4.90 Å². The van der Waals surface area contributed by atoms with Crippen molar-refractivity contribution < 1.29 is 4.42 Å². The molecule has 1 aromatic carbocycles. The zero-order valence-corrected chi connectivity index (χ0v) is 13.3. The molecule has 2 aromatic rings. The van der Waals surface area contributed by atoms with E-state index >= 15 is 0 Å². The SMILES string of the molecule is CC(C)Sc1ccc(-c2nnc(C(Cl)(Cl)Cl)o2)cc1. The van der Waals surface area contributed by atoms with Crippen LogP contribution in [0.15, 0.2) is 33.6 Å². The first-order valence-corrected chi connectivity index (χ1v) is 7.55. The number of nitrogens with zero attached hydrogens (tertiary/aromatic N) is 2. The molecule has 0 fully saturated rings. The van der Waals surface area contributed by atoms with E-state index in [4.69, 9.17) is 39.2 Å². The lowest BCUT2D eigenvalue weighted by atomic mass is 10.2. The molecule has 7 heteroatoms. The Labute approximate surface area is 130 Å². The van der Waals surface area contributed by atoms with Crippen LogP contribution >= 0.6 is 46.6 Å². The van der Waals surface area contributed by atoms with E-state index < -0.39 is 3.79 Å². The summed E-state index contributed by atoms with van der Waals surface area (Å²) in [6.45, 7) is 4.29. The Morgan fingerprint density at radius 2 is 1.74 bits per heavy atom. The molecule has 19 heavy (non-hydrogen) atoms. The first kappa shape index (κ1) is 15.0. The number of rotatable bonds is 3. The summed E-state index contributed by atoms with van der Waals surface area (Å²) in [6.07, 6.45) is 0. The summed E-state index contributed by atoms with van der Waals surface area (Å²) < 4.78 is 3.63. The Hall–Kier alpha value is -0.420. The van der Waals surface area contributed by atoms with Gasteiger partial charge >= 0.3 is 0 Å². The Morgan fingerprint density at radius 3 is 2.21 bits per heavy atom. The van der Waals surface area contributed by atoms with Crippen LogP contribution in [0.25, 0.3) is 11.5 Å². The molecule has 3 nitrogen and oxygen atoms in total. The van der Waals surface area contributed by atoms with Crippen molar-refractivity contribution in [1.82, 2.24) is 10.2 Å². The molecular formula is C12H11Cl3N2OS. The lowest BCUT2D eigenvalue weighted by Gasteiger charge is -2.05. The van der Waals surface area contributed by atoms with Gasteiger partial charge in [0.05, 0.1) is 0 Å². The van der Waals surface area contributed by atoms with Gasteiger partial charge in [0.15, 0.2) is 0 Å². The van der Waals surface area contributed by atoms with Gasteiger partial charge in [0, 0.05) is 15.7 Å². The van der Waals surface area contributed by atoms with Crippen LogP contribution in [0.2, 0.25) is 0 Å². The van der Waals surface area contributed by atoms with Gasteiger partial charge in [-0.1, -0.05) is 48.7 Å². The van der Waals surface area contributed by atoms with Crippen molar-refractivity contribution in [1.29, 1.82) is 0 Å². The van der Waals surface area contributed by atoms with Gasteiger partial charge in [-0.3, -0.25) is 0 Å². The van der Waals surface area contributed by atoms with E-state index in [0.717, 1.165) is 5.56 Å². The molecule has 0 aliphatic heterocycles. The molecule has 0 N–H and O–H groups in total. The van der Waals surface area contributed by atoms with Gasteiger partial charge in [0.25, 0.3) is 9.68 Å². The average Bonchev–Trinajstić information content (AvgIpc) is 2.78. The van der Waals surface area contributed by atoms with E-state index in [0.29, 0.717) is 11.1 Å². The predicted molar refractivity (Wildman–Crippen MR) is 80.0 cm³/mol. The largest absolute Gasteiger partial charge is 0.416 e. The van der Waals surface area contributed by atoms with Gasteiger partial charge in [-0.2, -0.15) is 0 Å². The van der Waals surface area contributed by atoms with Crippen molar-refractivity contribution >= 4 is 46.6 Å². The van der Waals surface area contributed by atoms with Crippen LogP contribution in [0.3, 0.4) is 0 Å². The van der Waals surface area contributed by atoms with Crippen LogP contribution in [0.5, 0.6) is 0 Å². The minimum Gasteiger partial charge on any atom is -0.416 e. The summed E-state index contributed by atoms with van der Waals surface area (Å²) in [7, 11) is 0. The molecule has 0 spiro atoms. The van der Waals surface area contributed by atoms with E-state index in [9.17, 15) is 0 Å². The summed E-state index contributed by atoms with van der Waals surface area (Å²) >= 11 is 18.8. The minimum atomic E-state index is -1.70. The monoisotopic (exact) mass is 336 g/mol. The highest BCUT2D eigenvalue weighted by Gasteiger charge is 2.30. The molecule has 0 amide bonds. The minimum absolute atomic E-state index is 0.0341. The summed E-state index contributed by atoms with van der Waals surface area (Å²) in [5.74, 6) is 0.301. The molecule has 0 saturated carbocycles. The highest BCUT2D eigenvalue weighted by atomic mass is 35.6. The third-order valence-corrected chi connectivity index (χ3v) is 3.64. The van der Waals surface area contributed by atoms with Crippen LogP contribution < -0.4 is 0 Å². The first-order chi connectivity index (χ1) is 8.86. The maximum absolute atomic E-state index is 5.67. The highest BCUT2D eigenvalue weighted by Crippen LogP contribution is 2.38. The maximum atomic E-state index is 5.67. The van der Waals surface area contributed by atoms with Crippen LogP contribution in [-0.2, 0) is 3.79 Å². The fraction of sp³-hybridized carbons (Fsp3) is 0.333. The van der Waals surface area contributed by atoms with E-state index in [2.05, 4.69) is 24.0 Å². The van der Waals surface area contributed by atoms with Gasteiger partial charge in [0.2, 0.25) is 5.89 Å². The Kier molecular flexibility index (Phi) is 4.66. The van der Waals surface area contributed by atoms with E-state index in [1.54, 1.807) is 11.8 Å². The quantitative estimate of drug-likeness (QED) is 0.579. The Balaban J connectivity index is 2.20. The topological polar surface area (TPSA) is 38.9 Å². The average molecular weight is 338 g/mol. The number of aromatic nitrogens is 2. The van der Waals surface area contributed by atoms with Crippen molar-refractivity contribution in [3.8, 4) is 11.5 Å². The number of alkyl halides is 3. The predicted octanol–water partition coefficient (Wildman–Crippen LogP) is 5.06. The van der Waals surface area contributed by atoms with Crippen LogP contribution in [0.4, 0.5) is 0 Å². The van der Waals surface area contributed by atoms with Crippen molar-refractivity contribution in [3.05, 3.63) is 30.2 Å². The number of halogens is 3. The van der Waals surface area contributed by atoms with E-state index in [-0.39, 0.29) is 5.89 Å². The zero-order chi connectivity index (χ0) is 14.0. The molecule has 0 atom stereocenters. The van der Waals surface area contributed by atoms with Crippen LogP contribution in [0.1, 0.15) is 19.7 Å². The number of hydrogen-bond acceptors (Lipinski definition) is 4. The standard InChI is InChI=1S/C12H11Cl3N2OS/c1-7(2)19-9-5-3-8(4-6-9)10-16-17-11(18-10)12(13,14)15/h3-7H,1-2H3. The van der Waals surface area contributed by atoms with Gasteiger partial charge in [-0.05, 0) is 24.3 Å². The van der Waals surface area contributed by atoms with Crippen LogP contribution in [0, 0.1) is 0 Å². The Morgan fingerprint density at radius 1 is 1.11 bits per heavy atom. The van der Waals surface area contributed by atoms with Gasteiger partial charge in [-0.15, -0.1) is 22.0 Å². The van der Waals surface area contributed by atoms with E-state index in [1.807, 2.05) is 24.3 Å². The fourth-order valence-corrected chi connectivity index (χ4v) is 2.47. The van der Waals surface area contributed by atoms with Crippen molar-refractivity contribution in [3.63, 3.8) is 0 Å². The second-order valence-electron chi connectivity index (χ2n) is 4.10. The maximum Gasteiger partial charge on any atom is 0.268 e. The van der Waals surface area contributed by atoms with Gasteiger partial charge in [-0.25, -0.2) is 0 Å². The molecule has 0 unspecified atom stereocenters. The summed E-state index contributed by atoms with van der Waals surface area (Å²) in [5.41, 5.74) is 0.793. The molecule has 0 saturated heterocycles. The van der Waals surface area contributed by atoms with Crippen LogP contribution in [-0.4, -0.2) is 15.4 Å². The summed E-state index contributed by atoms with van der Waals surface area (Å²) in [4.78, 5) is 1.18. The fourth-order valence-electron chi connectivity index (χ4n) is 1.40. The smallest absolute Gasteiger partial charge is 0.268 e. The molecule has 0 radical (unpaired) electrons. The normalized spacial score (nSPS) is 12.1. The molecule has 1 heterocycles. The lowest BCUT2D eigenvalue weighted by molar-refractivity contribution is 0.514. The molecule has 2 rings (SSSR count). The molecule has 0 aliphatic rings. The summed E-state index contributed by atoms with van der Waals surface area (Å²) in [5, 5.41) is 8.12. The number of benzene rings is 1. The molecule has 1 aromatic heterocycles. The van der Waals surface area contributed by atoms with Crippen molar-refractivity contribution in [2.24, 2.45) is 0 Å². The molecular weight excluding hydrogens is 327 g/mol. The Bertz CT molecular complexity index is 549. The number of thioether (sulfide) groups is 1. The van der Waals surface area contributed by atoms with Crippen molar-refractivity contribution in [2.45, 2.75) is 27.8 Å². The third kappa shape index (κ3) is 4.02. The first-order valence-electron chi connectivity index (χ1n) is 5.54. The zero-order valence-electron chi connectivity index (χ0n) is 10.2.